The molecule has 2 aliphatic carbocycles. The fourth-order valence-corrected chi connectivity index (χ4v) is 6.43. The van der Waals surface area contributed by atoms with Gasteiger partial charge >= 0.3 is 0 Å². The lowest BCUT2D eigenvalue weighted by Gasteiger charge is -2.36. The number of likely N-dealkylation sites (tertiary alicyclic amines) is 1. The van der Waals surface area contributed by atoms with Crippen molar-refractivity contribution in [1.82, 2.24) is 10.2 Å². The third-order valence-corrected chi connectivity index (χ3v) is 8.91. The highest BCUT2D eigenvalue weighted by atomic mass is 19.1. The maximum absolute atomic E-state index is 13.4. The number of halogens is 1. The Hall–Kier alpha value is -3.06. The number of rotatable bonds is 7. The van der Waals surface area contributed by atoms with Gasteiger partial charge in [-0.15, -0.1) is 0 Å². The molecule has 0 radical (unpaired) electrons. The summed E-state index contributed by atoms with van der Waals surface area (Å²) in [6, 6.07) is 12.5. The number of hydrogen-bond donors (Lipinski definition) is 1. The number of nitrogens with one attached hydrogen (secondary N) is 1. The van der Waals surface area contributed by atoms with E-state index in [1.54, 1.807) is 0 Å². The largest absolute Gasteiger partial charge is 0.356 e. The number of anilines is 1. The van der Waals surface area contributed by atoms with Crippen LogP contribution in [0.15, 0.2) is 47.5 Å². The third kappa shape index (κ3) is 6.24. The summed E-state index contributed by atoms with van der Waals surface area (Å²) in [5, 5.41) is 3.17. The Labute approximate surface area is 230 Å². The Morgan fingerprint density at radius 1 is 0.923 bits per heavy atom. The molecular formula is C32H39FN4O2. The number of carbonyl (C=O) groups is 2. The maximum atomic E-state index is 13.4. The van der Waals surface area contributed by atoms with E-state index in [4.69, 9.17) is 0 Å². The van der Waals surface area contributed by atoms with Crippen molar-refractivity contribution < 1.29 is 14.0 Å². The highest BCUT2D eigenvalue weighted by molar-refractivity contribution is 6.12. The van der Waals surface area contributed by atoms with E-state index >= 15 is 0 Å². The van der Waals surface area contributed by atoms with Gasteiger partial charge in [-0.25, -0.2) is 4.39 Å². The van der Waals surface area contributed by atoms with Crippen LogP contribution < -0.4 is 10.2 Å². The average Bonchev–Trinajstić information content (AvgIpc) is 3.72. The number of hydrogen-bond acceptors (Lipinski definition) is 3. The number of amides is 2. The molecule has 0 bridgehead atoms. The van der Waals surface area contributed by atoms with E-state index in [1.807, 2.05) is 0 Å². The fourth-order valence-electron chi connectivity index (χ4n) is 6.43. The first-order valence-electron chi connectivity index (χ1n) is 14.8. The summed E-state index contributed by atoms with van der Waals surface area (Å²) in [5.74, 6) is 0.997. The first kappa shape index (κ1) is 26.2. The van der Waals surface area contributed by atoms with Gasteiger partial charge in [-0.1, -0.05) is 18.6 Å². The SMILES string of the molecule is O=C(N=C1Cc2ccc(CN3CCCCC3)cc2N1C1CCC(C(=O)NCC2CC2)CC1)c1ccc(F)cc1. The van der Waals surface area contributed by atoms with E-state index < -0.39 is 0 Å². The summed E-state index contributed by atoms with van der Waals surface area (Å²) in [5.41, 5.74) is 4.02. The first-order chi connectivity index (χ1) is 19.0. The zero-order valence-corrected chi connectivity index (χ0v) is 22.7. The van der Waals surface area contributed by atoms with Crippen molar-refractivity contribution in [3.05, 3.63) is 65.0 Å². The van der Waals surface area contributed by atoms with Crippen LogP contribution in [0, 0.1) is 17.7 Å². The molecule has 3 fully saturated rings. The molecular weight excluding hydrogens is 491 g/mol. The van der Waals surface area contributed by atoms with E-state index in [0.717, 1.165) is 63.4 Å². The minimum atomic E-state index is -0.367. The van der Waals surface area contributed by atoms with Gasteiger partial charge in [0.1, 0.15) is 11.7 Å². The van der Waals surface area contributed by atoms with Crippen LogP contribution in [-0.4, -0.2) is 48.2 Å². The van der Waals surface area contributed by atoms with Crippen LogP contribution in [0.5, 0.6) is 0 Å². The Balaban J connectivity index is 1.22. The molecule has 2 heterocycles. The minimum Gasteiger partial charge on any atom is -0.356 e. The number of aliphatic imine (C=N–C) groups is 1. The topological polar surface area (TPSA) is 65.0 Å². The molecule has 0 unspecified atom stereocenters. The molecule has 2 aliphatic heterocycles. The van der Waals surface area contributed by atoms with Gasteiger partial charge in [-0.05, 0) is 112 Å². The van der Waals surface area contributed by atoms with Gasteiger partial charge in [-0.3, -0.25) is 14.5 Å². The van der Waals surface area contributed by atoms with Gasteiger partial charge in [0.15, 0.2) is 0 Å². The van der Waals surface area contributed by atoms with Crippen LogP contribution in [0.4, 0.5) is 10.1 Å². The predicted octanol–water partition coefficient (Wildman–Crippen LogP) is 5.50. The molecule has 2 aromatic rings. The normalized spacial score (nSPS) is 24.5. The average molecular weight is 531 g/mol. The molecule has 2 aromatic carbocycles. The fraction of sp³-hybridized carbons (Fsp3) is 0.531. The molecule has 2 amide bonds. The Morgan fingerprint density at radius 3 is 2.38 bits per heavy atom. The molecule has 6 rings (SSSR count). The maximum Gasteiger partial charge on any atom is 0.278 e. The third-order valence-electron chi connectivity index (χ3n) is 8.91. The van der Waals surface area contributed by atoms with E-state index in [0.29, 0.717) is 17.9 Å². The van der Waals surface area contributed by atoms with E-state index in [1.165, 1.54) is 67.5 Å². The summed E-state index contributed by atoms with van der Waals surface area (Å²) < 4.78 is 13.4. The second kappa shape index (κ2) is 11.6. The summed E-state index contributed by atoms with van der Waals surface area (Å²) in [4.78, 5) is 35.3. The summed E-state index contributed by atoms with van der Waals surface area (Å²) >= 11 is 0. The Morgan fingerprint density at radius 2 is 1.67 bits per heavy atom. The van der Waals surface area contributed by atoms with Crippen LogP contribution in [0.3, 0.4) is 0 Å². The van der Waals surface area contributed by atoms with Crippen LogP contribution in [0.25, 0.3) is 0 Å². The van der Waals surface area contributed by atoms with Crippen LogP contribution >= 0.6 is 0 Å². The lowest BCUT2D eigenvalue weighted by molar-refractivity contribution is -0.126. The van der Waals surface area contributed by atoms with E-state index in [-0.39, 0.29) is 29.6 Å². The van der Waals surface area contributed by atoms with Gasteiger partial charge in [0.25, 0.3) is 5.91 Å². The molecule has 39 heavy (non-hydrogen) atoms. The molecule has 0 spiro atoms. The smallest absolute Gasteiger partial charge is 0.278 e. The van der Waals surface area contributed by atoms with Gasteiger partial charge in [0, 0.05) is 42.7 Å². The summed E-state index contributed by atoms with van der Waals surface area (Å²) in [7, 11) is 0. The van der Waals surface area contributed by atoms with E-state index in [2.05, 4.69) is 38.3 Å². The van der Waals surface area contributed by atoms with Gasteiger partial charge in [0.05, 0.1) is 0 Å². The zero-order chi connectivity index (χ0) is 26.8. The second-order valence-electron chi connectivity index (χ2n) is 11.9. The molecule has 4 aliphatic rings. The molecule has 1 saturated heterocycles. The number of piperidine rings is 1. The summed E-state index contributed by atoms with van der Waals surface area (Å²) in [6.45, 7) is 4.05. The van der Waals surface area contributed by atoms with Crippen molar-refractivity contribution in [1.29, 1.82) is 0 Å². The number of carbonyl (C=O) groups excluding carboxylic acids is 2. The molecule has 0 aromatic heterocycles. The highest BCUT2D eigenvalue weighted by Gasteiger charge is 2.36. The number of nitrogens with zero attached hydrogens (tertiary/aromatic N) is 3. The number of amidine groups is 1. The molecule has 7 heteroatoms. The number of benzene rings is 2. The standard InChI is InChI=1S/C32H39FN4O2/c33-27-12-8-25(9-13-27)32(39)35-30-19-26-7-6-23(21-36-16-2-1-3-17-36)18-29(26)37(30)28-14-10-24(11-15-28)31(38)34-20-22-4-5-22/h6-9,12-13,18,22,24,28H,1-5,10-11,14-17,19-21H2,(H,34,38). The van der Waals surface area contributed by atoms with Crippen LogP contribution in [0.1, 0.15) is 79.3 Å². The van der Waals surface area contributed by atoms with Crippen molar-refractivity contribution in [2.75, 3.05) is 24.5 Å². The lowest BCUT2D eigenvalue weighted by atomic mass is 9.84. The van der Waals surface area contributed by atoms with Gasteiger partial charge < -0.3 is 10.2 Å². The van der Waals surface area contributed by atoms with Crippen LogP contribution in [-0.2, 0) is 17.8 Å². The zero-order valence-electron chi connectivity index (χ0n) is 22.7. The molecule has 1 N–H and O–H groups in total. The van der Waals surface area contributed by atoms with E-state index in [9.17, 15) is 14.0 Å². The number of fused-ring (bicyclic) bond motifs is 1. The lowest BCUT2D eigenvalue weighted by Crippen LogP contribution is -2.43. The van der Waals surface area contributed by atoms with Crippen molar-refractivity contribution in [3.8, 4) is 0 Å². The second-order valence-corrected chi connectivity index (χ2v) is 11.9. The Kier molecular flexibility index (Phi) is 7.78. The van der Waals surface area contributed by atoms with Gasteiger partial charge in [-0.2, -0.15) is 4.99 Å². The highest BCUT2D eigenvalue weighted by Crippen LogP contribution is 2.38. The molecule has 6 nitrogen and oxygen atoms in total. The van der Waals surface area contributed by atoms with Crippen molar-refractivity contribution in [2.45, 2.75) is 76.8 Å². The molecule has 0 atom stereocenters. The van der Waals surface area contributed by atoms with Crippen molar-refractivity contribution in [2.24, 2.45) is 16.8 Å². The van der Waals surface area contributed by atoms with Gasteiger partial charge in [0.2, 0.25) is 5.91 Å². The van der Waals surface area contributed by atoms with Crippen molar-refractivity contribution in [3.63, 3.8) is 0 Å². The van der Waals surface area contributed by atoms with Crippen LogP contribution in [0.2, 0.25) is 0 Å². The quantitative estimate of drug-likeness (QED) is 0.514. The summed E-state index contributed by atoms with van der Waals surface area (Å²) in [6.07, 6.45) is 10.4. The molecule has 2 saturated carbocycles. The first-order valence-corrected chi connectivity index (χ1v) is 14.8. The molecule has 206 valence electrons. The van der Waals surface area contributed by atoms with Crippen molar-refractivity contribution >= 4 is 23.3 Å². The monoisotopic (exact) mass is 530 g/mol. The minimum absolute atomic E-state index is 0.0637. The predicted molar refractivity (Wildman–Crippen MR) is 151 cm³/mol. The Bertz CT molecular complexity index is 1230.